The summed E-state index contributed by atoms with van der Waals surface area (Å²) in [5.74, 6) is 0.365. The normalized spacial score (nSPS) is 17.4. The van der Waals surface area contributed by atoms with E-state index in [9.17, 15) is 9.18 Å². The van der Waals surface area contributed by atoms with E-state index in [2.05, 4.69) is 57.5 Å². The van der Waals surface area contributed by atoms with Crippen LogP contribution in [-0.2, 0) is 11.2 Å². The minimum atomic E-state index is -0.285. The van der Waals surface area contributed by atoms with E-state index in [4.69, 9.17) is 0 Å². The van der Waals surface area contributed by atoms with Crippen LogP contribution in [0.4, 0.5) is 10.2 Å². The van der Waals surface area contributed by atoms with Gasteiger partial charge in [-0.05, 0) is 0 Å². The van der Waals surface area contributed by atoms with Gasteiger partial charge >= 0.3 is 186 Å². The number of piperazine rings is 1. The van der Waals surface area contributed by atoms with E-state index in [1.54, 1.807) is 12.4 Å². The van der Waals surface area contributed by atoms with Crippen LogP contribution in [0.25, 0.3) is 11.0 Å². The summed E-state index contributed by atoms with van der Waals surface area (Å²) in [6.07, 6.45) is 4.78. The Balaban J connectivity index is 1.41. The molecule has 1 aromatic carbocycles. The Bertz CT molecular complexity index is 1010. The molecule has 9 heteroatoms. The topological polar surface area (TPSA) is 65.1 Å². The summed E-state index contributed by atoms with van der Waals surface area (Å²) < 4.78 is 14.9. The molecule has 2 radical (unpaired) electrons. The van der Waals surface area contributed by atoms with Crippen molar-refractivity contribution in [2.45, 2.75) is 11.3 Å². The number of benzene rings is 1. The Morgan fingerprint density at radius 1 is 1.24 bits per heavy atom. The number of carbonyl (C=O) groups is 1. The van der Waals surface area contributed by atoms with Crippen LogP contribution < -0.4 is 4.90 Å². The molecule has 2 atom stereocenters. The summed E-state index contributed by atoms with van der Waals surface area (Å²) in [6, 6.07) is 6.98. The molecule has 0 saturated carbocycles. The minimum absolute atomic E-state index is 0.0251. The van der Waals surface area contributed by atoms with Gasteiger partial charge in [0.1, 0.15) is 0 Å². The molecule has 0 aliphatic carbocycles. The van der Waals surface area contributed by atoms with Crippen molar-refractivity contribution in [1.82, 2.24) is 19.9 Å². The molecule has 6 nitrogen and oxygen atoms in total. The number of aldehydes is 1. The third-order valence-corrected chi connectivity index (χ3v) is 7.33. The van der Waals surface area contributed by atoms with E-state index in [-0.39, 0.29) is 16.6 Å². The van der Waals surface area contributed by atoms with E-state index in [0.717, 1.165) is 49.3 Å². The van der Waals surface area contributed by atoms with Crippen LogP contribution in [0.3, 0.4) is 0 Å². The van der Waals surface area contributed by atoms with Gasteiger partial charge in [-0.1, -0.05) is 0 Å². The van der Waals surface area contributed by atoms with E-state index < -0.39 is 0 Å². The Morgan fingerprint density at radius 3 is 2.76 bits per heavy atom. The fourth-order valence-corrected chi connectivity index (χ4v) is 4.93. The number of carbonyl (C=O) groups excluding carboxylic acids is 1. The van der Waals surface area contributed by atoms with Crippen LogP contribution in [0, 0.1) is 11.7 Å². The second kappa shape index (κ2) is 8.94. The number of H-pyrrole nitrogens is 1. The zero-order valence-corrected chi connectivity index (χ0v) is 19.1. The van der Waals surface area contributed by atoms with E-state index >= 15 is 0 Å². The van der Waals surface area contributed by atoms with E-state index in [1.807, 2.05) is 18.3 Å². The number of nitrogens with one attached hydrogen (secondary N) is 1. The summed E-state index contributed by atoms with van der Waals surface area (Å²) in [4.78, 5) is 28.1. The SMILES string of the molecule is O=CC(Cc1ccc(Br)cc1F)C([As])N1CCN(c2ncnc3[nH]ccc23)CC1. The van der Waals surface area contributed by atoms with Crippen LogP contribution in [0.15, 0.2) is 41.3 Å². The molecule has 2 aromatic heterocycles. The number of halogens is 2. The van der Waals surface area contributed by atoms with E-state index in [1.165, 1.54) is 6.07 Å². The quantitative estimate of drug-likeness (QED) is 0.400. The van der Waals surface area contributed by atoms with Gasteiger partial charge in [-0.3, -0.25) is 0 Å². The van der Waals surface area contributed by atoms with Crippen molar-refractivity contribution >= 4 is 55.9 Å². The number of aromatic amines is 1. The molecule has 3 heterocycles. The molecule has 1 aliphatic heterocycles. The molecule has 0 amide bonds. The van der Waals surface area contributed by atoms with Crippen molar-refractivity contribution in [1.29, 1.82) is 0 Å². The Kier molecular flexibility index (Phi) is 6.32. The molecule has 1 aliphatic rings. The Hall–Kier alpha value is -1.76. The molecule has 29 heavy (non-hydrogen) atoms. The summed E-state index contributed by atoms with van der Waals surface area (Å²) in [5.41, 5.74) is 1.40. The maximum atomic E-state index is 14.2. The maximum absolute atomic E-state index is 14.2. The molecule has 1 fully saturated rings. The van der Waals surface area contributed by atoms with Crippen LogP contribution in [0.5, 0.6) is 0 Å². The molecule has 1 N–H and O–H groups in total. The monoisotopic (exact) mass is 519 g/mol. The number of anilines is 1. The summed E-state index contributed by atoms with van der Waals surface area (Å²) in [6.45, 7) is 3.23. The molecular formula is C20H20AsBrFN5O. The average molecular weight is 520 g/mol. The summed E-state index contributed by atoms with van der Waals surface area (Å²) in [5, 5.41) is 1.02. The second-order valence-corrected chi connectivity index (χ2v) is 9.14. The first-order valence-electron chi connectivity index (χ1n) is 9.41. The van der Waals surface area contributed by atoms with Crippen molar-refractivity contribution in [2.75, 3.05) is 31.1 Å². The zero-order valence-electron chi connectivity index (χ0n) is 15.6. The Morgan fingerprint density at radius 2 is 2.03 bits per heavy atom. The van der Waals surface area contributed by atoms with Crippen molar-refractivity contribution in [3.05, 3.63) is 52.6 Å². The number of nitrogens with zero attached hydrogens (tertiary/aromatic N) is 4. The molecule has 0 spiro atoms. The van der Waals surface area contributed by atoms with Crippen LogP contribution in [0.2, 0.25) is 0 Å². The zero-order chi connectivity index (χ0) is 20.4. The first-order valence-corrected chi connectivity index (χ1v) is 11.3. The van der Waals surface area contributed by atoms with Crippen molar-refractivity contribution < 1.29 is 9.18 Å². The van der Waals surface area contributed by atoms with Crippen LogP contribution >= 0.6 is 15.9 Å². The molecular weight excluding hydrogens is 500 g/mol. The first kappa shape index (κ1) is 20.5. The average Bonchev–Trinajstić information content (AvgIpc) is 3.22. The number of aromatic nitrogens is 3. The first-order chi connectivity index (χ1) is 14.1. The molecule has 3 aromatic rings. The molecule has 2 unspecified atom stereocenters. The van der Waals surface area contributed by atoms with Gasteiger partial charge in [0.05, 0.1) is 0 Å². The van der Waals surface area contributed by atoms with Gasteiger partial charge in [-0.2, -0.15) is 0 Å². The number of hydrogen-bond acceptors (Lipinski definition) is 5. The van der Waals surface area contributed by atoms with Crippen molar-refractivity contribution in [3.63, 3.8) is 0 Å². The third-order valence-electron chi connectivity index (χ3n) is 5.35. The summed E-state index contributed by atoms with van der Waals surface area (Å²) in [7, 11) is 0. The Labute approximate surface area is 185 Å². The molecule has 150 valence electrons. The predicted molar refractivity (Wildman–Crippen MR) is 115 cm³/mol. The van der Waals surface area contributed by atoms with Gasteiger partial charge < -0.3 is 0 Å². The van der Waals surface area contributed by atoms with E-state index in [0.29, 0.717) is 16.5 Å². The predicted octanol–water partition coefficient (Wildman–Crippen LogP) is 2.53. The third kappa shape index (κ3) is 4.39. The van der Waals surface area contributed by atoms with Crippen molar-refractivity contribution in [3.8, 4) is 0 Å². The van der Waals surface area contributed by atoms with Gasteiger partial charge in [0.25, 0.3) is 0 Å². The molecule has 1 saturated heterocycles. The van der Waals surface area contributed by atoms with Gasteiger partial charge in [-0.25, -0.2) is 0 Å². The number of hydrogen-bond donors (Lipinski definition) is 1. The number of fused-ring (bicyclic) bond motifs is 1. The molecule has 0 bridgehead atoms. The van der Waals surface area contributed by atoms with Gasteiger partial charge in [0, 0.05) is 0 Å². The fourth-order valence-electron chi connectivity index (χ4n) is 3.74. The van der Waals surface area contributed by atoms with Crippen molar-refractivity contribution in [2.24, 2.45) is 5.92 Å². The second-order valence-electron chi connectivity index (χ2n) is 7.11. The fraction of sp³-hybridized carbons (Fsp3) is 0.350. The van der Waals surface area contributed by atoms with Crippen LogP contribution in [-0.4, -0.2) is 74.0 Å². The number of rotatable bonds is 6. The van der Waals surface area contributed by atoms with Gasteiger partial charge in [0.2, 0.25) is 0 Å². The standard InChI is InChI=1S/C20H20AsBrFN5O/c21-18(14(11-29)9-13-1-2-15(22)10-17(13)23)27-5-7-28(8-6-27)20-16-3-4-24-19(16)25-12-26-20/h1-4,10-12,14,18H,5-9H2,(H,24,25,26). The van der Waals surface area contributed by atoms with Crippen LogP contribution in [0.1, 0.15) is 5.56 Å². The summed E-state index contributed by atoms with van der Waals surface area (Å²) >= 11 is 5.87. The molecule has 4 rings (SSSR count). The van der Waals surface area contributed by atoms with Gasteiger partial charge in [0.15, 0.2) is 0 Å². The van der Waals surface area contributed by atoms with Gasteiger partial charge in [-0.15, -0.1) is 0 Å².